The van der Waals surface area contributed by atoms with E-state index in [0.717, 1.165) is 16.6 Å². The molecule has 19 heavy (non-hydrogen) atoms. The van der Waals surface area contributed by atoms with Gasteiger partial charge >= 0.3 is 0 Å². The summed E-state index contributed by atoms with van der Waals surface area (Å²) >= 11 is 3.42. The highest BCUT2D eigenvalue weighted by atomic mass is 79.9. The number of hydrogen-bond acceptors (Lipinski definition) is 2. The summed E-state index contributed by atoms with van der Waals surface area (Å²) in [5, 5.41) is 3.02. The molecule has 0 unspecified atom stereocenters. The summed E-state index contributed by atoms with van der Waals surface area (Å²) in [5.41, 5.74) is 1.83. The van der Waals surface area contributed by atoms with Crippen LogP contribution in [-0.2, 0) is 0 Å². The zero-order chi connectivity index (χ0) is 14.6. The summed E-state index contributed by atoms with van der Waals surface area (Å²) in [4.78, 5) is 14.3. The Hall–Kier alpha value is -0.870. The van der Waals surface area contributed by atoms with Crippen molar-refractivity contribution in [2.45, 2.75) is 20.8 Å². The van der Waals surface area contributed by atoms with Gasteiger partial charge in [0.05, 0.1) is 5.56 Å². The Labute approximate surface area is 124 Å². The van der Waals surface area contributed by atoms with E-state index in [1.165, 1.54) is 0 Å². The number of hydrogen-bond donors (Lipinski definition) is 1. The Morgan fingerprint density at radius 1 is 1.37 bits per heavy atom. The third kappa shape index (κ3) is 5.33. The minimum Gasteiger partial charge on any atom is -0.351 e. The lowest BCUT2D eigenvalue weighted by Crippen LogP contribution is -2.40. The lowest BCUT2D eigenvalue weighted by molar-refractivity contribution is 0.0928. The Morgan fingerprint density at radius 2 is 2.00 bits per heavy atom. The Balaban J connectivity index is 2.68. The highest BCUT2D eigenvalue weighted by Crippen LogP contribution is 2.19. The molecule has 0 atom stereocenters. The fourth-order valence-electron chi connectivity index (χ4n) is 2.14. The standard InChI is InChI=1S/C15H23BrN2O/c1-11-6-7-13(16)12(8-11)14(19)17-9-15(2,3)10-18(4)5/h6-8H,9-10H2,1-5H3,(H,17,19). The summed E-state index contributed by atoms with van der Waals surface area (Å²) in [7, 11) is 4.08. The molecule has 1 aromatic rings. The van der Waals surface area contributed by atoms with E-state index in [-0.39, 0.29) is 11.3 Å². The van der Waals surface area contributed by atoms with Crippen molar-refractivity contribution >= 4 is 21.8 Å². The SMILES string of the molecule is Cc1ccc(Br)c(C(=O)NCC(C)(C)CN(C)C)c1. The molecule has 0 saturated carbocycles. The van der Waals surface area contributed by atoms with Gasteiger partial charge in [-0.25, -0.2) is 0 Å². The Bertz CT molecular complexity index is 455. The molecule has 4 heteroatoms. The van der Waals surface area contributed by atoms with Gasteiger partial charge in [0.2, 0.25) is 0 Å². The second-order valence-corrected chi connectivity index (χ2v) is 6.92. The molecule has 1 N–H and O–H groups in total. The zero-order valence-electron chi connectivity index (χ0n) is 12.4. The van der Waals surface area contributed by atoms with E-state index in [9.17, 15) is 4.79 Å². The van der Waals surface area contributed by atoms with Gasteiger partial charge in [0.1, 0.15) is 0 Å². The molecule has 1 rings (SSSR count). The number of nitrogens with zero attached hydrogens (tertiary/aromatic N) is 1. The number of amides is 1. The predicted molar refractivity (Wildman–Crippen MR) is 83.5 cm³/mol. The number of rotatable bonds is 5. The number of nitrogens with one attached hydrogen (secondary N) is 1. The van der Waals surface area contributed by atoms with E-state index in [4.69, 9.17) is 0 Å². The first-order chi connectivity index (χ1) is 8.71. The van der Waals surface area contributed by atoms with E-state index in [0.29, 0.717) is 12.1 Å². The van der Waals surface area contributed by atoms with Crippen LogP contribution in [0.25, 0.3) is 0 Å². The average Bonchev–Trinajstić information content (AvgIpc) is 2.27. The topological polar surface area (TPSA) is 32.3 Å². The number of benzene rings is 1. The largest absolute Gasteiger partial charge is 0.351 e. The zero-order valence-corrected chi connectivity index (χ0v) is 14.0. The fourth-order valence-corrected chi connectivity index (χ4v) is 2.57. The van der Waals surface area contributed by atoms with Crippen molar-refractivity contribution in [3.63, 3.8) is 0 Å². The maximum absolute atomic E-state index is 12.2. The monoisotopic (exact) mass is 326 g/mol. The Morgan fingerprint density at radius 3 is 2.58 bits per heavy atom. The second kappa shape index (κ2) is 6.53. The van der Waals surface area contributed by atoms with Crippen LogP contribution in [0.1, 0.15) is 29.8 Å². The van der Waals surface area contributed by atoms with Crippen molar-refractivity contribution in [2.24, 2.45) is 5.41 Å². The summed E-state index contributed by atoms with van der Waals surface area (Å²) in [6.07, 6.45) is 0. The van der Waals surface area contributed by atoms with Gasteiger partial charge in [-0.1, -0.05) is 25.5 Å². The second-order valence-electron chi connectivity index (χ2n) is 6.07. The molecule has 0 heterocycles. The minimum absolute atomic E-state index is 0.0255. The van der Waals surface area contributed by atoms with Crippen molar-refractivity contribution in [1.29, 1.82) is 0 Å². The minimum atomic E-state index is -0.0255. The van der Waals surface area contributed by atoms with Crippen LogP contribution >= 0.6 is 15.9 Å². The molecule has 1 aromatic carbocycles. The molecule has 1 amide bonds. The summed E-state index contributed by atoms with van der Waals surface area (Å²) in [6, 6.07) is 5.80. The molecule has 0 saturated heterocycles. The molecule has 0 aliphatic heterocycles. The van der Waals surface area contributed by atoms with Gasteiger partial charge in [0, 0.05) is 17.6 Å². The number of aryl methyl sites for hydroxylation is 1. The third-order valence-electron chi connectivity index (χ3n) is 2.84. The van der Waals surface area contributed by atoms with Crippen molar-refractivity contribution in [1.82, 2.24) is 10.2 Å². The van der Waals surface area contributed by atoms with Crippen LogP contribution in [0.15, 0.2) is 22.7 Å². The fraction of sp³-hybridized carbons (Fsp3) is 0.533. The highest BCUT2D eigenvalue weighted by molar-refractivity contribution is 9.10. The van der Waals surface area contributed by atoms with Crippen LogP contribution in [-0.4, -0.2) is 38.0 Å². The van der Waals surface area contributed by atoms with Gasteiger partial charge in [-0.2, -0.15) is 0 Å². The van der Waals surface area contributed by atoms with Gasteiger partial charge in [-0.3, -0.25) is 4.79 Å². The van der Waals surface area contributed by atoms with Crippen molar-refractivity contribution in [3.8, 4) is 0 Å². The van der Waals surface area contributed by atoms with Crippen molar-refractivity contribution in [2.75, 3.05) is 27.2 Å². The van der Waals surface area contributed by atoms with E-state index in [1.807, 2.05) is 39.2 Å². The van der Waals surface area contributed by atoms with Crippen LogP contribution in [0.5, 0.6) is 0 Å². The van der Waals surface area contributed by atoms with E-state index in [2.05, 4.69) is 40.0 Å². The molecule has 0 aliphatic carbocycles. The molecule has 0 aliphatic rings. The molecule has 106 valence electrons. The molecular formula is C15H23BrN2O. The maximum Gasteiger partial charge on any atom is 0.252 e. The van der Waals surface area contributed by atoms with Gasteiger partial charge in [0.25, 0.3) is 5.91 Å². The van der Waals surface area contributed by atoms with E-state index >= 15 is 0 Å². The molecule has 0 fully saturated rings. The normalized spacial score (nSPS) is 11.7. The molecule has 0 bridgehead atoms. The maximum atomic E-state index is 12.2. The first kappa shape index (κ1) is 16.2. The highest BCUT2D eigenvalue weighted by Gasteiger charge is 2.20. The molecular weight excluding hydrogens is 304 g/mol. The number of halogens is 1. The quantitative estimate of drug-likeness (QED) is 0.901. The molecule has 0 radical (unpaired) electrons. The Kier molecular flexibility index (Phi) is 5.56. The van der Waals surface area contributed by atoms with Crippen LogP contribution in [0.2, 0.25) is 0 Å². The van der Waals surface area contributed by atoms with Gasteiger partial charge in [-0.05, 0) is 54.5 Å². The van der Waals surface area contributed by atoms with Crippen molar-refractivity contribution in [3.05, 3.63) is 33.8 Å². The summed E-state index contributed by atoms with van der Waals surface area (Å²) in [6.45, 7) is 7.88. The summed E-state index contributed by atoms with van der Waals surface area (Å²) in [5.74, 6) is -0.0255. The lowest BCUT2D eigenvalue weighted by atomic mass is 9.93. The number of carbonyl (C=O) groups excluding carboxylic acids is 1. The summed E-state index contributed by atoms with van der Waals surface area (Å²) < 4.78 is 0.834. The van der Waals surface area contributed by atoms with Crippen LogP contribution < -0.4 is 5.32 Å². The smallest absolute Gasteiger partial charge is 0.252 e. The van der Waals surface area contributed by atoms with Gasteiger partial charge < -0.3 is 10.2 Å². The van der Waals surface area contributed by atoms with Crippen LogP contribution in [0.3, 0.4) is 0 Å². The lowest BCUT2D eigenvalue weighted by Gasteiger charge is -2.28. The first-order valence-electron chi connectivity index (χ1n) is 6.40. The van der Waals surface area contributed by atoms with Gasteiger partial charge in [-0.15, -0.1) is 0 Å². The van der Waals surface area contributed by atoms with E-state index < -0.39 is 0 Å². The van der Waals surface area contributed by atoms with Crippen LogP contribution in [0, 0.1) is 12.3 Å². The van der Waals surface area contributed by atoms with Gasteiger partial charge in [0.15, 0.2) is 0 Å². The van der Waals surface area contributed by atoms with Crippen LogP contribution in [0.4, 0.5) is 0 Å². The van der Waals surface area contributed by atoms with Crippen molar-refractivity contribution < 1.29 is 4.79 Å². The van der Waals surface area contributed by atoms with E-state index in [1.54, 1.807) is 0 Å². The third-order valence-corrected chi connectivity index (χ3v) is 3.53. The molecule has 0 spiro atoms. The number of carbonyl (C=O) groups is 1. The predicted octanol–water partition coefficient (Wildman–Crippen LogP) is 3.08. The molecule has 3 nitrogen and oxygen atoms in total. The average molecular weight is 327 g/mol. The first-order valence-corrected chi connectivity index (χ1v) is 7.20. The molecule has 0 aromatic heterocycles.